The Morgan fingerprint density at radius 3 is 2.59 bits per heavy atom. The average molecular weight is 379 g/mol. The molecule has 2 aromatic carbocycles. The number of rotatable bonds is 5. The van der Waals surface area contributed by atoms with Crippen molar-refractivity contribution in [1.29, 1.82) is 0 Å². The summed E-state index contributed by atoms with van der Waals surface area (Å²) in [6.07, 6.45) is -1.61. The van der Waals surface area contributed by atoms with Gasteiger partial charge in [-0.05, 0) is 36.4 Å². The van der Waals surface area contributed by atoms with Crippen LogP contribution in [0.25, 0.3) is 5.69 Å². The van der Waals surface area contributed by atoms with E-state index in [1.165, 1.54) is 41.3 Å². The predicted molar refractivity (Wildman–Crippen MR) is 89.1 cm³/mol. The van der Waals surface area contributed by atoms with Crippen molar-refractivity contribution in [2.45, 2.75) is 6.18 Å². The fourth-order valence-electron chi connectivity index (χ4n) is 2.31. The monoisotopic (exact) mass is 379 g/mol. The molecule has 1 amide bonds. The number of amides is 1. The minimum absolute atomic E-state index is 0.101. The molecule has 5 nitrogen and oxygen atoms in total. The van der Waals surface area contributed by atoms with E-state index in [9.17, 15) is 22.4 Å². The molecule has 0 aliphatic rings. The second-order valence-corrected chi connectivity index (χ2v) is 5.45. The number of hydrogen-bond acceptors (Lipinski definition) is 3. The average Bonchev–Trinajstić information content (AvgIpc) is 3.14. The van der Waals surface area contributed by atoms with Crippen molar-refractivity contribution in [3.8, 4) is 11.4 Å². The highest BCUT2D eigenvalue weighted by Gasteiger charge is 2.31. The van der Waals surface area contributed by atoms with Crippen LogP contribution in [0.2, 0.25) is 0 Å². The van der Waals surface area contributed by atoms with Crippen molar-refractivity contribution in [2.24, 2.45) is 0 Å². The summed E-state index contributed by atoms with van der Waals surface area (Å²) in [5, 5.41) is 6.31. The third-order valence-corrected chi connectivity index (χ3v) is 3.54. The van der Waals surface area contributed by atoms with Crippen LogP contribution < -0.4 is 10.1 Å². The molecular formula is C18H13F4N3O2. The Bertz CT molecular complexity index is 940. The Morgan fingerprint density at radius 2 is 1.93 bits per heavy atom. The summed E-state index contributed by atoms with van der Waals surface area (Å²) < 4.78 is 58.9. The number of carbonyl (C=O) groups excluding carboxylic acids is 1. The van der Waals surface area contributed by atoms with Crippen molar-refractivity contribution < 1.29 is 27.1 Å². The molecule has 0 saturated carbocycles. The lowest BCUT2D eigenvalue weighted by Gasteiger charge is -2.15. The van der Waals surface area contributed by atoms with Gasteiger partial charge >= 0.3 is 6.18 Å². The highest BCUT2D eigenvalue weighted by atomic mass is 19.4. The molecule has 0 saturated heterocycles. The Hall–Kier alpha value is -3.36. The summed E-state index contributed by atoms with van der Waals surface area (Å²) in [5.41, 5.74) is -0.786. The van der Waals surface area contributed by atoms with E-state index in [-0.39, 0.29) is 17.1 Å². The molecule has 0 unspecified atom stereocenters. The SMILES string of the molecule is O=C(COc1ccccc1F)Nc1cc(C(F)(F)F)ccc1-n1cccn1. The Balaban J connectivity index is 1.81. The van der Waals surface area contributed by atoms with Crippen LogP contribution in [-0.2, 0) is 11.0 Å². The van der Waals surface area contributed by atoms with E-state index in [1.807, 2.05) is 0 Å². The van der Waals surface area contributed by atoms with Crippen LogP contribution in [0.3, 0.4) is 0 Å². The maximum atomic E-state index is 13.5. The number of anilines is 1. The van der Waals surface area contributed by atoms with Crippen molar-refractivity contribution >= 4 is 11.6 Å². The molecule has 9 heteroatoms. The van der Waals surface area contributed by atoms with E-state index in [1.54, 1.807) is 6.07 Å². The van der Waals surface area contributed by atoms with E-state index in [0.717, 1.165) is 18.2 Å². The number of hydrogen-bond donors (Lipinski definition) is 1. The molecule has 0 aliphatic carbocycles. The van der Waals surface area contributed by atoms with Crippen LogP contribution >= 0.6 is 0 Å². The number of para-hydroxylation sites is 1. The maximum Gasteiger partial charge on any atom is 0.416 e. The van der Waals surface area contributed by atoms with Crippen molar-refractivity contribution in [3.05, 3.63) is 72.3 Å². The largest absolute Gasteiger partial charge is 0.481 e. The molecule has 3 aromatic rings. The van der Waals surface area contributed by atoms with Crippen LogP contribution in [0.4, 0.5) is 23.2 Å². The molecule has 140 valence electrons. The summed E-state index contributed by atoms with van der Waals surface area (Å²) in [4.78, 5) is 12.1. The van der Waals surface area contributed by atoms with Gasteiger partial charge in [-0.3, -0.25) is 4.79 Å². The zero-order valence-electron chi connectivity index (χ0n) is 13.7. The van der Waals surface area contributed by atoms with Gasteiger partial charge in [0, 0.05) is 12.4 Å². The number of nitrogens with zero attached hydrogens (tertiary/aromatic N) is 2. The Labute approximate surface area is 151 Å². The van der Waals surface area contributed by atoms with Crippen LogP contribution in [0.5, 0.6) is 5.75 Å². The topological polar surface area (TPSA) is 56.1 Å². The van der Waals surface area contributed by atoms with E-state index in [4.69, 9.17) is 4.74 Å². The lowest BCUT2D eigenvalue weighted by molar-refractivity contribution is -0.137. The van der Waals surface area contributed by atoms with Gasteiger partial charge in [0.25, 0.3) is 5.91 Å². The third kappa shape index (κ3) is 4.43. The molecule has 1 N–H and O–H groups in total. The van der Waals surface area contributed by atoms with Gasteiger partial charge in [-0.2, -0.15) is 18.3 Å². The minimum Gasteiger partial charge on any atom is -0.481 e. The number of benzene rings is 2. The van der Waals surface area contributed by atoms with Crippen LogP contribution in [0, 0.1) is 5.82 Å². The summed E-state index contributed by atoms with van der Waals surface area (Å²) in [5.74, 6) is -1.53. The highest BCUT2D eigenvalue weighted by Crippen LogP contribution is 2.33. The summed E-state index contributed by atoms with van der Waals surface area (Å²) in [6.45, 7) is -0.574. The fourth-order valence-corrected chi connectivity index (χ4v) is 2.31. The van der Waals surface area contributed by atoms with Gasteiger partial charge in [-0.25, -0.2) is 9.07 Å². The van der Waals surface area contributed by atoms with Gasteiger partial charge in [0.15, 0.2) is 18.2 Å². The Morgan fingerprint density at radius 1 is 1.15 bits per heavy atom. The third-order valence-electron chi connectivity index (χ3n) is 3.54. The number of alkyl halides is 3. The fraction of sp³-hybridized carbons (Fsp3) is 0.111. The summed E-state index contributed by atoms with van der Waals surface area (Å²) in [7, 11) is 0. The lowest BCUT2D eigenvalue weighted by atomic mass is 10.1. The molecule has 0 aliphatic heterocycles. The molecule has 0 atom stereocenters. The highest BCUT2D eigenvalue weighted by molar-refractivity contribution is 5.94. The normalized spacial score (nSPS) is 11.3. The predicted octanol–water partition coefficient (Wildman–Crippen LogP) is 4.05. The second-order valence-electron chi connectivity index (χ2n) is 5.45. The lowest BCUT2D eigenvalue weighted by Crippen LogP contribution is -2.22. The zero-order chi connectivity index (χ0) is 19.4. The van der Waals surface area contributed by atoms with Crippen LogP contribution in [-0.4, -0.2) is 22.3 Å². The van der Waals surface area contributed by atoms with Gasteiger partial charge in [-0.15, -0.1) is 0 Å². The van der Waals surface area contributed by atoms with E-state index >= 15 is 0 Å². The first-order valence-corrected chi connectivity index (χ1v) is 7.73. The molecule has 0 fully saturated rings. The first-order chi connectivity index (χ1) is 12.8. The van der Waals surface area contributed by atoms with Crippen molar-refractivity contribution in [3.63, 3.8) is 0 Å². The first-order valence-electron chi connectivity index (χ1n) is 7.73. The van der Waals surface area contributed by atoms with E-state index in [0.29, 0.717) is 0 Å². The number of halogens is 4. The standard InChI is InChI=1S/C18H13F4N3O2/c19-13-4-1-2-5-16(13)27-11-17(26)24-14-10-12(18(20,21)22)6-7-15(14)25-9-3-8-23-25/h1-10H,11H2,(H,24,26). The van der Waals surface area contributed by atoms with Crippen LogP contribution in [0.15, 0.2) is 60.9 Å². The number of carbonyl (C=O) groups is 1. The van der Waals surface area contributed by atoms with Crippen LogP contribution in [0.1, 0.15) is 5.56 Å². The van der Waals surface area contributed by atoms with Crippen molar-refractivity contribution in [2.75, 3.05) is 11.9 Å². The summed E-state index contributed by atoms with van der Waals surface area (Å²) >= 11 is 0. The van der Waals surface area contributed by atoms with Gasteiger partial charge in [0.1, 0.15) is 0 Å². The molecule has 1 heterocycles. The molecule has 0 radical (unpaired) electrons. The van der Waals surface area contributed by atoms with E-state index in [2.05, 4.69) is 10.4 Å². The molecular weight excluding hydrogens is 366 g/mol. The molecule has 0 bridgehead atoms. The number of ether oxygens (including phenoxy) is 1. The van der Waals surface area contributed by atoms with Gasteiger partial charge in [-0.1, -0.05) is 12.1 Å². The Kier molecular flexibility index (Phi) is 5.11. The number of aromatic nitrogens is 2. The molecule has 27 heavy (non-hydrogen) atoms. The van der Waals surface area contributed by atoms with Gasteiger partial charge in [0.2, 0.25) is 0 Å². The van der Waals surface area contributed by atoms with Gasteiger partial charge in [0.05, 0.1) is 16.9 Å². The first kappa shape index (κ1) is 18.4. The van der Waals surface area contributed by atoms with Gasteiger partial charge < -0.3 is 10.1 Å². The van der Waals surface area contributed by atoms with E-state index < -0.39 is 30.1 Å². The van der Waals surface area contributed by atoms with Crippen molar-refractivity contribution in [1.82, 2.24) is 9.78 Å². The molecule has 1 aromatic heterocycles. The maximum absolute atomic E-state index is 13.5. The smallest absolute Gasteiger partial charge is 0.416 e. The molecule has 3 rings (SSSR count). The number of nitrogens with one attached hydrogen (secondary N) is 1. The summed E-state index contributed by atoms with van der Waals surface area (Å²) in [6, 6.07) is 9.96. The zero-order valence-corrected chi connectivity index (χ0v) is 13.7. The second kappa shape index (κ2) is 7.48. The quantitative estimate of drug-likeness (QED) is 0.681. The minimum atomic E-state index is -4.58. The molecule has 0 spiro atoms.